The van der Waals surface area contributed by atoms with E-state index in [1.807, 2.05) is 23.5 Å². The molecule has 1 unspecified atom stereocenters. The van der Waals surface area contributed by atoms with Crippen molar-refractivity contribution in [3.8, 4) is 0 Å². The summed E-state index contributed by atoms with van der Waals surface area (Å²) in [6.45, 7) is 5.66. The third-order valence-corrected chi connectivity index (χ3v) is 5.63. The first-order valence-corrected chi connectivity index (χ1v) is 8.44. The first kappa shape index (κ1) is 13.3. The lowest BCUT2D eigenvalue weighted by molar-refractivity contribution is 0.523. The van der Waals surface area contributed by atoms with Gasteiger partial charge in [0, 0.05) is 28.8 Å². The van der Waals surface area contributed by atoms with Gasteiger partial charge in [0.25, 0.3) is 0 Å². The van der Waals surface area contributed by atoms with Crippen LogP contribution in [0, 0.1) is 0 Å². The summed E-state index contributed by atoms with van der Waals surface area (Å²) in [5, 5.41) is 3.73. The van der Waals surface area contributed by atoms with Gasteiger partial charge in [0.2, 0.25) is 0 Å². The van der Waals surface area contributed by atoms with Gasteiger partial charge in [-0.1, -0.05) is 24.3 Å². The molecule has 0 saturated carbocycles. The standard InChI is InChI=1S/C14H21NS2/c1-14(2,16-3)10-15-13-9-17-8-11-6-4-5-7-12(11)13/h4-7,13,15H,8-10H2,1-3H3. The quantitative estimate of drug-likeness (QED) is 0.893. The Morgan fingerprint density at radius 1 is 1.41 bits per heavy atom. The number of hydrogen-bond acceptors (Lipinski definition) is 3. The van der Waals surface area contributed by atoms with Crippen LogP contribution in [0.15, 0.2) is 24.3 Å². The predicted octanol–water partition coefficient (Wildman–Crippen LogP) is 3.71. The largest absolute Gasteiger partial charge is 0.308 e. The van der Waals surface area contributed by atoms with Gasteiger partial charge in [-0.2, -0.15) is 23.5 Å². The first-order chi connectivity index (χ1) is 8.12. The number of thioether (sulfide) groups is 2. The molecule has 1 nitrogen and oxygen atoms in total. The maximum atomic E-state index is 3.73. The fourth-order valence-corrected chi connectivity index (χ4v) is 3.35. The molecular weight excluding hydrogens is 246 g/mol. The minimum atomic E-state index is 0.317. The monoisotopic (exact) mass is 267 g/mol. The Hall–Kier alpha value is -0.120. The molecule has 0 saturated heterocycles. The summed E-state index contributed by atoms with van der Waals surface area (Å²) in [6.07, 6.45) is 2.19. The molecule has 17 heavy (non-hydrogen) atoms. The van der Waals surface area contributed by atoms with Crippen LogP contribution in [0.2, 0.25) is 0 Å². The second-order valence-corrected chi connectivity index (χ2v) is 7.65. The van der Waals surface area contributed by atoms with Crippen LogP contribution in [0.4, 0.5) is 0 Å². The van der Waals surface area contributed by atoms with Crippen LogP contribution in [0.5, 0.6) is 0 Å². The van der Waals surface area contributed by atoms with Crippen molar-refractivity contribution in [2.24, 2.45) is 0 Å². The van der Waals surface area contributed by atoms with E-state index in [1.54, 1.807) is 0 Å². The number of benzene rings is 1. The fourth-order valence-electron chi connectivity index (χ4n) is 1.99. The molecule has 0 spiro atoms. The van der Waals surface area contributed by atoms with Gasteiger partial charge < -0.3 is 5.32 Å². The summed E-state index contributed by atoms with van der Waals surface area (Å²) >= 11 is 3.96. The second-order valence-electron chi connectivity index (χ2n) is 5.11. The molecule has 1 aromatic rings. The molecule has 1 aliphatic rings. The molecule has 0 aromatic heterocycles. The first-order valence-electron chi connectivity index (χ1n) is 6.06. The van der Waals surface area contributed by atoms with Crippen LogP contribution in [0.25, 0.3) is 0 Å². The van der Waals surface area contributed by atoms with Gasteiger partial charge in [-0.05, 0) is 31.2 Å². The number of nitrogens with one attached hydrogen (secondary N) is 1. The molecular formula is C14H21NS2. The molecule has 1 aromatic carbocycles. The van der Waals surface area contributed by atoms with Crippen molar-refractivity contribution < 1.29 is 0 Å². The second kappa shape index (κ2) is 5.68. The Balaban J connectivity index is 2.04. The summed E-state index contributed by atoms with van der Waals surface area (Å²) in [4.78, 5) is 0. The summed E-state index contributed by atoms with van der Waals surface area (Å²) in [5.74, 6) is 2.36. The Kier molecular flexibility index (Phi) is 4.45. The highest BCUT2D eigenvalue weighted by molar-refractivity contribution is 8.00. The SMILES string of the molecule is CSC(C)(C)CNC1CSCc2ccccc21. The number of hydrogen-bond donors (Lipinski definition) is 1. The molecule has 0 amide bonds. The lowest BCUT2D eigenvalue weighted by Crippen LogP contribution is -2.36. The van der Waals surface area contributed by atoms with E-state index in [2.05, 4.69) is 49.7 Å². The van der Waals surface area contributed by atoms with Gasteiger partial charge in [-0.3, -0.25) is 0 Å². The van der Waals surface area contributed by atoms with Crippen LogP contribution in [-0.4, -0.2) is 23.3 Å². The van der Waals surface area contributed by atoms with E-state index in [-0.39, 0.29) is 0 Å². The van der Waals surface area contributed by atoms with Gasteiger partial charge in [0.15, 0.2) is 0 Å². The highest BCUT2D eigenvalue weighted by Gasteiger charge is 2.23. The average Bonchev–Trinajstić information content (AvgIpc) is 2.36. The topological polar surface area (TPSA) is 12.0 Å². The molecule has 94 valence electrons. The molecule has 2 rings (SSSR count). The molecule has 0 aliphatic carbocycles. The zero-order chi connectivity index (χ0) is 12.3. The van der Waals surface area contributed by atoms with Gasteiger partial charge in [-0.25, -0.2) is 0 Å². The molecule has 0 fully saturated rings. The fraction of sp³-hybridized carbons (Fsp3) is 0.571. The summed E-state index contributed by atoms with van der Waals surface area (Å²) in [7, 11) is 0. The molecule has 0 bridgehead atoms. The maximum Gasteiger partial charge on any atom is 0.0415 e. The van der Waals surface area contributed by atoms with E-state index in [0.717, 1.165) is 6.54 Å². The smallest absolute Gasteiger partial charge is 0.0415 e. The molecule has 1 N–H and O–H groups in total. The highest BCUT2D eigenvalue weighted by atomic mass is 32.2. The third-order valence-electron chi connectivity index (χ3n) is 3.30. The van der Waals surface area contributed by atoms with Crippen LogP contribution in [-0.2, 0) is 5.75 Å². The lowest BCUT2D eigenvalue weighted by atomic mass is 10.0. The van der Waals surface area contributed by atoms with E-state index < -0.39 is 0 Å². The third kappa shape index (κ3) is 3.43. The molecule has 3 heteroatoms. The Labute approximate surface area is 113 Å². The van der Waals surface area contributed by atoms with Crippen molar-refractivity contribution in [3.05, 3.63) is 35.4 Å². The van der Waals surface area contributed by atoms with Crippen LogP contribution in [0.1, 0.15) is 31.0 Å². The average molecular weight is 267 g/mol. The number of fused-ring (bicyclic) bond motifs is 1. The minimum absolute atomic E-state index is 0.317. The summed E-state index contributed by atoms with van der Waals surface area (Å²) in [6, 6.07) is 9.36. The van der Waals surface area contributed by atoms with Gasteiger partial charge in [0.05, 0.1) is 0 Å². The van der Waals surface area contributed by atoms with Crippen LogP contribution in [0.3, 0.4) is 0 Å². The molecule has 1 aliphatic heterocycles. The summed E-state index contributed by atoms with van der Waals surface area (Å²) in [5.41, 5.74) is 3.01. The highest BCUT2D eigenvalue weighted by Crippen LogP contribution is 2.32. The van der Waals surface area contributed by atoms with Gasteiger partial charge in [-0.15, -0.1) is 0 Å². The zero-order valence-corrected chi connectivity index (χ0v) is 12.5. The van der Waals surface area contributed by atoms with Crippen molar-refractivity contribution in [2.75, 3.05) is 18.6 Å². The predicted molar refractivity (Wildman–Crippen MR) is 80.9 cm³/mol. The normalized spacial score (nSPS) is 20.1. The van der Waals surface area contributed by atoms with E-state index >= 15 is 0 Å². The van der Waals surface area contributed by atoms with E-state index in [0.29, 0.717) is 10.8 Å². The molecule has 0 radical (unpaired) electrons. The Morgan fingerprint density at radius 3 is 2.94 bits per heavy atom. The zero-order valence-electron chi connectivity index (χ0n) is 10.8. The molecule has 1 heterocycles. The lowest BCUT2D eigenvalue weighted by Gasteiger charge is -2.30. The van der Waals surface area contributed by atoms with Crippen LogP contribution >= 0.6 is 23.5 Å². The van der Waals surface area contributed by atoms with Crippen molar-refractivity contribution in [2.45, 2.75) is 30.4 Å². The van der Waals surface area contributed by atoms with E-state index in [1.165, 1.54) is 22.6 Å². The minimum Gasteiger partial charge on any atom is -0.308 e. The maximum absolute atomic E-state index is 3.73. The van der Waals surface area contributed by atoms with E-state index in [9.17, 15) is 0 Å². The van der Waals surface area contributed by atoms with Crippen molar-refractivity contribution in [1.82, 2.24) is 5.32 Å². The van der Waals surface area contributed by atoms with Gasteiger partial charge in [0.1, 0.15) is 0 Å². The van der Waals surface area contributed by atoms with Crippen LogP contribution < -0.4 is 5.32 Å². The Bertz CT molecular complexity index is 376. The van der Waals surface area contributed by atoms with Crippen molar-refractivity contribution >= 4 is 23.5 Å². The summed E-state index contributed by atoms with van der Waals surface area (Å²) < 4.78 is 0.317. The van der Waals surface area contributed by atoms with Crippen molar-refractivity contribution in [3.63, 3.8) is 0 Å². The molecule has 1 atom stereocenters. The Morgan fingerprint density at radius 2 is 2.18 bits per heavy atom. The van der Waals surface area contributed by atoms with Crippen molar-refractivity contribution in [1.29, 1.82) is 0 Å². The van der Waals surface area contributed by atoms with Gasteiger partial charge >= 0.3 is 0 Å². The van der Waals surface area contributed by atoms with E-state index in [4.69, 9.17) is 0 Å². The number of rotatable bonds is 4.